The molecule has 2 aromatic heterocycles. The number of aromatic nitrogens is 3. The van der Waals surface area contributed by atoms with E-state index in [1.54, 1.807) is 0 Å². The number of hydrogen-bond donors (Lipinski definition) is 0. The second-order valence-corrected chi connectivity index (χ2v) is 8.34. The molecular weight excluding hydrogens is 362 g/mol. The third-order valence-electron chi connectivity index (χ3n) is 5.68. The Morgan fingerprint density at radius 3 is 2.76 bits per heavy atom. The van der Waals surface area contributed by atoms with Gasteiger partial charge in [0.05, 0.1) is 23.0 Å². The number of pyridine rings is 1. The fraction of sp³-hybridized carbons (Fsp3) is 0.435. The van der Waals surface area contributed by atoms with Crippen LogP contribution in [0.15, 0.2) is 42.7 Å². The predicted molar refractivity (Wildman–Crippen MR) is 116 cm³/mol. The lowest BCUT2D eigenvalue weighted by Crippen LogP contribution is -2.42. The van der Waals surface area contributed by atoms with Crippen LogP contribution in [0, 0.1) is 0 Å². The highest BCUT2D eigenvalue weighted by Crippen LogP contribution is 2.27. The third kappa shape index (κ3) is 3.90. The summed E-state index contributed by atoms with van der Waals surface area (Å²) in [6, 6.07) is 10.3. The first kappa shape index (κ1) is 19.6. The van der Waals surface area contributed by atoms with Crippen LogP contribution in [0.3, 0.4) is 0 Å². The maximum atomic E-state index is 13.6. The zero-order chi connectivity index (χ0) is 20.5. The molecule has 0 bridgehead atoms. The van der Waals surface area contributed by atoms with Gasteiger partial charge >= 0.3 is 0 Å². The van der Waals surface area contributed by atoms with Crippen molar-refractivity contribution in [1.29, 1.82) is 0 Å². The van der Waals surface area contributed by atoms with E-state index in [0.29, 0.717) is 0 Å². The first-order valence-corrected chi connectivity index (χ1v) is 10.4. The zero-order valence-corrected chi connectivity index (χ0v) is 17.7. The van der Waals surface area contributed by atoms with Crippen LogP contribution in [0.2, 0.25) is 0 Å². The first-order valence-electron chi connectivity index (χ1n) is 10.4. The molecule has 1 fully saturated rings. The van der Waals surface area contributed by atoms with Crippen molar-refractivity contribution in [2.24, 2.45) is 0 Å². The molecule has 152 valence electrons. The van der Waals surface area contributed by atoms with Crippen LogP contribution in [-0.4, -0.2) is 63.2 Å². The van der Waals surface area contributed by atoms with Crippen LogP contribution in [0.25, 0.3) is 22.2 Å². The molecule has 0 radical (unpaired) electrons. The number of fused-ring (bicyclic) bond motifs is 1. The summed E-state index contributed by atoms with van der Waals surface area (Å²) >= 11 is 0. The van der Waals surface area contributed by atoms with Gasteiger partial charge in [-0.25, -0.2) is 4.98 Å². The van der Waals surface area contributed by atoms with Gasteiger partial charge in [-0.05, 0) is 52.9 Å². The molecule has 1 saturated heterocycles. The van der Waals surface area contributed by atoms with Crippen molar-refractivity contribution in [2.75, 3.05) is 26.7 Å². The van der Waals surface area contributed by atoms with E-state index in [4.69, 9.17) is 4.98 Å². The molecule has 1 unspecified atom stereocenters. The fourth-order valence-corrected chi connectivity index (χ4v) is 4.08. The van der Waals surface area contributed by atoms with Gasteiger partial charge in [0.15, 0.2) is 0 Å². The fourth-order valence-electron chi connectivity index (χ4n) is 4.08. The summed E-state index contributed by atoms with van der Waals surface area (Å²) in [6.07, 6.45) is 4.82. The van der Waals surface area contributed by atoms with E-state index in [-0.39, 0.29) is 18.0 Å². The Labute approximate surface area is 172 Å². The van der Waals surface area contributed by atoms with Crippen LogP contribution in [0.5, 0.6) is 0 Å². The van der Waals surface area contributed by atoms with Gasteiger partial charge in [0.2, 0.25) is 0 Å². The van der Waals surface area contributed by atoms with Gasteiger partial charge < -0.3 is 9.80 Å². The summed E-state index contributed by atoms with van der Waals surface area (Å²) in [5.74, 6) is 0.0869. The average Bonchev–Trinajstić information content (AvgIpc) is 3.14. The molecule has 1 aromatic carbocycles. The van der Waals surface area contributed by atoms with Gasteiger partial charge in [-0.1, -0.05) is 18.2 Å². The van der Waals surface area contributed by atoms with Crippen molar-refractivity contribution >= 4 is 16.8 Å². The van der Waals surface area contributed by atoms with Crippen LogP contribution in [0.1, 0.15) is 43.6 Å². The molecule has 1 aliphatic heterocycles. The largest absolute Gasteiger partial charge is 0.335 e. The summed E-state index contributed by atoms with van der Waals surface area (Å²) in [5.41, 5.74) is 3.28. The maximum Gasteiger partial charge on any atom is 0.254 e. The van der Waals surface area contributed by atoms with E-state index in [1.807, 2.05) is 52.3 Å². The number of carbonyl (C=O) groups excluding carboxylic acids is 1. The van der Waals surface area contributed by atoms with Crippen molar-refractivity contribution in [3.63, 3.8) is 0 Å². The van der Waals surface area contributed by atoms with Gasteiger partial charge in [0, 0.05) is 42.3 Å². The number of nitrogens with zero attached hydrogens (tertiary/aromatic N) is 5. The molecule has 0 spiro atoms. The van der Waals surface area contributed by atoms with Crippen molar-refractivity contribution < 1.29 is 4.79 Å². The highest BCUT2D eigenvalue weighted by atomic mass is 16.2. The van der Waals surface area contributed by atoms with Crippen LogP contribution < -0.4 is 0 Å². The van der Waals surface area contributed by atoms with Gasteiger partial charge in [-0.15, -0.1) is 0 Å². The van der Waals surface area contributed by atoms with Gasteiger partial charge in [0.25, 0.3) is 5.91 Å². The van der Waals surface area contributed by atoms with Gasteiger partial charge in [0.1, 0.15) is 0 Å². The molecule has 4 rings (SSSR count). The number of amides is 1. The lowest BCUT2D eigenvalue weighted by atomic mass is 10.0. The summed E-state index contributed by atoms with van der Waals surface area (Å²) in [7, 11) is 2.12. The predicted octanol–water partition coefficient (Wildman–Crippen LogP) is 3.85. The molecule has 6 nitrogen and oxygen atoms in total. The number of rotatable bonds is 3. The van der Waals surface area contributed by atoms with E-state index >= 15 is 0 Å². The Morgan fingerprint density at radius 2 is 2.00 bits per heavy atom. The minimum atomic E-state index is 0.0869. The van der Waals surface area contributed by atoms with E-state index in [2.05, 4.69) is 37.8 Å². The van der Waals surface area contributed by atoms with Crippen molar-refractivity contribution in [3.8, 4) is 11.3 Å². The molecule has 6 heteroatoms. The summed E-state index contributed by atoms with van der Waals surface area (Å²) in [6.45, 7) is 9.01. The second-order valence-electron chi connectivity index (χ2n) is 8.34. The second kappa shape index (κ2) is 7.95. The molecule has 3 aromatic rings. The number of para-hydroxylation sites is 1. The molecule has 0 aliphatic carbocycles. The molecule has 1 aliphatic rings. The first-order chi connectivity index (χ1) is 13.9. The molecule has 1 atom stereocenters. The normalized spacial score (nSPS) is 18.4. The van der Waals surface area contributed by atoms with Crippen LogP contribution >= 0.6 is 0 Å². The number of hydrogen-bond acceptors (Lipinski definition) is 4. The minimum absolute atomic E-state index is 0.0869. The lowest BCUT2D eigenvalue weighted by molar-refractivity contribution is 0.0698. The third-order valence-corrected chi connectivity index (χ3v) is 5.68. The summed E-state index contributed by atoms with van der Waals surface area (Å²) in [5, 5.41) is 5.35. The molecular formula is C23H29N5O. The lowest BCUT2D eigenvalue weighted by Gasteiger charge is -2.28. The molecule has 0 N–H and O–H groups in total. The SMILES string of the molecule is CC1CN(C)CCCN1C(=O)c1cc(-c2cnn(C(C)C)c2)nc2ccccc12. The maximum absolute atomic E-state index is 13.6. The molecule has 1 amide bonds. The van der Waals surface area contributed by atoms with Gasteiger partial charge in [-0.3, -0.25) is 9.48 Å². The average molecular weight is 392 g/mol. The van der Waals surface area contributed by atoms with E-state index in [9.17, 15) is 4.79 Å². The van der Waals surface area contributed by atoms with Crippen LogP contribution in [-0.2, 0) is 0 Å². The standard InChI is InChI=1S/C23H29N5O/c1-16(2)28-15-18(13-24-28)22-12-20(19-8-5-6-9-21(19)25-22)23(29)27-11-7-10-26(4)14-17(27)3/h5-6,8-9,12-13,15-17H,7,10-11,14H2,1-4H3. The van der Waals surface area contributed by atoms with E-state index < -0.39 is 0 Å². The summed E-state index contributed by atoms with van der Waals surface area (Å²) in [4.78, 5) is 22.8. The Morgan fingerprint density at radius 1 is 1.21 bits per heavy atom. The van der Waals surface area contributed by atoms with Crippen molar-refractivity contribution in [1.82, 2.24) is 24.6 Å². The minimum Gasteiger partial charge on any atom is -0.335 e. The topological polar surface area (TPSA) is 54.3 Å². The summed E-state index contributed by atoms with van der Waals surface area (Å²) < 4.78 is 1.92. The Bertz CT molecular complexity index is 1030. The molecule has 3 heterocycles. The van der Waals surface area contributed by atoms with Gasteiger partial charge in [-0.2, -0.15) is 5.10 Å². The highest BCUT2D eigenvalue weighted by Gasteiger charge is 2.26. The Balaban J connectivity index is 1.79. The van der Waals surface area contributed by atoms with Crippen molar-refractivity contribution in [3.05, 3.63) is 48.3 Å². The number of benzene rings is 1. The Hall–Kier alpha value is -2.73. The van der Waals surface area contributed by atoms with Crippen molar-refractivity contribution in [2.45, 2.75) is 39.3 Å². The number of likely N-dealkylation sites (N-methyl/N-ethyl adjacent to an activating group) is 1. The monoisotopic (exact) mass is 391 g/mol. The highest BCUT2D eigenvalue weighted by molar-refractivity contribution is 6.07. The zero-order valence-electron chi connectivity index (χ0n) is 17.7. The molecule has 29 heavy (non-hydrogen) atoms. The number of carbonyl (C=O) groups is 1. The van der Waals surface area contributed by atoms with Crippen LogP contribution in [0.4, 0.5) is 0 Å². The Kier molecular flexibility index (Phi) is 5.37. The smallest absolute Gasteiger partial charge is 0.254 e. The quantitative estimate of drug-likeness (QED) is 0.681. The molecule has 0 saturated carbocycles. The van der Waals surface area contributed by atoms with E-state index in [0.717, 1.165) is 53.8 Å². The van der Waals surface area contributed by atoms with E-state index in [1.165, 1.54) is 0 Å².